The monoisotopic (exact) mass is 377 g/mol. The van der Waals surface area contributed by atoms with Crippen LogP contribution < -0.4 is 10.1 Å². The first-order valence-corrected chi connectivity index (χ1v) is 7.95. The van der Waals surface area contributed by atoms with E-state index >= 15 is 0 Å². The largest absolute Gasteiger partial charge is 0.494 e. The van der Waals surface area contributed by atoms with Gasteiger partial charge in [0.05, 0.1) is 22.7 Å². The minimum Gasteiger partial charge on any atom is -0.494 e. The molecule has 0 unspecified atom stereocenters. The van der Waals surface area contributed by atoms with Crippen molar-refractivity contribution in [2.24, 2.45) is 0 Å². The molecule has 1 aromatic heterocycles. The van der Waals surface area contributed by atoms with E-state index in [1.807, 2.05) is 0 Å². The first kappa shape index (κ1) is 17.2. The van der Waals surface area contributed by atoms with Gasteiger partial charge in [0.15, 0.2) is 5.82 Å². The molecule has 0 aliphatic carbocycles. The highest BCUT2D eigenvalue weighted by atomic mass is 35.5. The number of nitrogens with one attached hydrogen (secondary N) is 1. The number of carbonyl (C=O) groups is 1. The number of nitrogens with zero attached hydrogens (tertiary/aromatic N) is 4. The van der Waals surface area contributed by atoms with Crippen molar-refractivity contribution >= 4 is 34.8 Å². The Balaban J connectivity index is 1.95. The summed E-state index contributed by atoms with van der Waals surface area (Å²) in [7, 11) is 1.54. The van der Waals surface area contributed by atoms with E-state index in [1.54, 1.807) is 50.4 Å². The van der Waals surface area contributed by atoms with Crippen molar-refractivity contribution in [3.63, 3.8) is 0 Å². The van der Waals surface area contributed by atoms with Crippen LogP contribution in [0.15, 0.2) is 36.4 Å². The first-order valence-electron chi connectivity index (χ1n) is 7.20. The molecule has 0 fully saturated rings. The number of halogens is 2. The second-order valence-electron chi connectivity index (χ2n) is 5.08. The molecular weight excluding hydrogens is 365 g/mol. The Morgan fingerprint density at radius 1 is 1.24 bits per heavy atom. The van der Waals surface area contributed by atoms with Gasteiger partial charge < -0.3 is 10.1 Å². The highest BCUT2D eigenvalue weighted by Crippen LogP contribution is 2.29. The Kier molecular flexibility index (Phi) is 4.87. The van der Waals surface area contributed by atoms with Crippen molar-refractivity contribution in [1.29, 1.82) is 0 Å². The second kappa shape index (κ2) is 7.08. The Hall–Kier alpha value is -2.64. The minimum atomic E-state index is -0.378. The lowest BCUT2D eigenvalue weighted by Gasteiger charge is -2.12. The molecule has 128 valence electrons. The average Bonchev–Trinajstić information content (AvgIpc) is 3.03. The summed E-state index contributed by atoms with van der Waals surface area (Å²) in [6, 6.07) is 10.0. The van der Waals surface area contributed by atoms with E-state index in [0.29, 0.717) is 28.0 Å². The number of methoxy groups -OCH3 is 1. The van der Waals surface area contributed by atoms with Gasteiger partial charge in [-0.3, -0.25) is 4.79 Å². The van der Waals surface area contributed by atoms with Crippen LogP contribution in [0.1, 0.15) is 16.2 Å². The molecule has 0 aliphatic heterocycles. The summed E-state index contributed by atoms with van der Waals surface area (Å²) < 4.78 is 6.85. The summed E-state index contributed by atoms with van der Waals surface area (Å²) in [5, 5.41) is 14.7. The number of hydrogen-bond donors (Lipinski definition) is 1. The van der Waals surface area contributed by atoms with Crippen molar-refractivity contribution in [2.75, 3.05) is 12.4 Å². The van der Waals surface area contributed by atoms with E-state index in [4.69, 9.17) is 27.9 Å². The lowest BCUT2D eigenvalue weighted by atomic mass is 10.2. The van der Waals surface area contributed by atoms with E-state index in [0.717, 1.165) is 0 Å². The fourth-order valence-corrected chi connectivity index (χ4v) is 2.65. The van der Waals surface area contributed by atoms with Gasteiger partial charge in [0.25, 0.3) is 5.91 Å². The van der Waals surface area contributed by atoms with E-state index in [1.165, 1.54) is 4.68 Å². The minimum absolute atomic E-state index is 0.201. The highest BCUT2D eigenvalue weighted by Gasteiger charge is 2.15. The Bertz CT molecular complexity index is 942. The average molecular weight is 378 g/mol. The van der Waals surface area contributed by atoms with Crippen LogP contribution in [0.25, 0.3) is 5.69 Å². The Morgan fingerprint density at radius 3 is 2.72 bits per heavy atom. The number of aromatic nitrogens is 4. The molecule has 25 heavy (non-hydrogen) atoms. The molecule has 7 nitrogen and oxygen atoms in total. The molecule has 3 rings (SSSR count). The van der Waals surface area contributed by atoms with E-state index in [2.05, 4.69) is 20.8 Å². The maximum absolute atomic E-state index is 12.5. The van der Waals surface area contributed by atoms with E-state index < -0.39 is 0 Å². The fourth-order valence-electron chi connectivity index (χ4n) is 2.27. The quantitative estimate of drug-likeness (QED) is 0.751. The van der Waals surface area contributed by atoms with Crippen LogP contribution in [0.5, 0.6) is 5.75 Å². The van der Waals surface area contributed by atoms with Crippen LogP contribution in [0.2, 0.25) is 10.0 Å². The van der Waals surface area contributed by atoms with Gasteiger partial charge >= 0.3 is 0 Å². The zero-order chi connectivity index (χ0) is 18.0. The molecule has 0 saturated carbocycles. The summed E-state index contributed by atoms with van der Waals surface area (Å²) in [5.74, 6) is 0.769. The van der Waals surface area contributed by atoms with Gasteiger partial charge in [-0.25, -0.2) is 0 Å². The maximum Gasteiger partial charge on any atom is 0.257 e. The Labute approximate surface area is 153 Å². The third-order valence-corrected chi connectivity index (χ3v) is 4.31. The first-order chi connectivity index (χ1) is 12.0. The number of anilines is 1. The normalized spacial score (nSPS) is 10.6. The number of aryl methyl sites for hydroxylation is 1. The third kappa shape index (κ3) is 3.42. The smallest absolute Gasteiger partial charge is 0.257 e. The van der Waals surface area contributed by atoms with Crippen molar-refractivity contribution in [1.82, 2.24) is 20.2 Å². The number of amides is 1. The lowest BCUT2D eigenvalue weighted by Crippen LogP contribution is -2.13. The van der Waals surface area contributed by atoms with Gasteiger partial charge in [0.2, 0.25) is 0 Å². The predicted octanol–water partition coefficient (Wildman–Crippen LogP) is 3.54. The maximum atomic E-state index is 12.5. The number of benzene rings is 2. The number of carbonyl (C=O) groups excluding carboxylic acids is 1. The number of tetrazole rings is 1. The molecular formula is C16H13Cl2N5O2. The van der Waals surface area contributed by atoms with Gasteiger partial charge in [-0.15, -0.1) is 5.10 Å². The summed E-state index contributed by atoms with van der Waals surface area (Å²) >= 11 is 12.0. The second-order valence-corrected chi connectivity index (χ2v) is 5.87. The standard InChI is InChI=1S/C16H13Cl2N5O2/c1-9-20-21-22-23(9)13-8-10(6-7-14(13)25-2)19-16(24)11-4-3-5-12(17)15(11)18/h3-8H,1-2H3,(H,19,24). The third-order valence-electron chi connectivity index (χ3n) is 3.49. The molecule has 0 spiro atoms. The van der Waals surface area contributed by atoms with Crippen molar-refractivity contribution < 1.29 is 9.53 Å². The van der Waals surface area contributed by atoms with Crippen LogP contribution in [0.4, 0.5) is 5.69 Å². The molecule has 3 aromatic rings. The molecule has 0 saturated heterocycles. The molecule has 1 heterocycles. The predicted molar refractivity (Wildman–Crippen MR) is 94.9 cm³/mol. The van der Waals surface area contributed by atoms with E-state index in [9.17, 15) is 4.79 Å². The topological polar surface area (TPSA) is 81.9 Å². The van der Waals surface area contributed by atoms with Crippen LogP contribution in [0.3, 0.4) is 0 Å². The molecule has 0 aliphatic rings. The molecule has 2 aromatic carbocycles. The van der Waals surface area contributed by atoms with E-state index in [-0.39, 0.29) is 16.5 Å². The summed E-state index contributed by atoms with van der Waals surface area (Å²) in [5.41, 5.74) is 1.41. The van der Waals surface area contributed by atoms with Crippen LogP contribution >= 0.6 is 23.2 Å². The van der Waals surface area contributed by atoms with Crippen LogP contribution in [-0.4, -0.2) is 33.2 Å². The summed E-state index contributed by atoms with van der Waals surface area (Å²) in [6.45, 7) is 1.76. The van der Waals surface area contributed by atoms with Gasteiger partial charge in [-0.2, -0.15) is 4.68 Å². The molecule has 0 bridgehead atoms. The van der Waals surface area contributed by atoms with Gasteiger partial charge in [-0.05, 0) is 47.7 Å². The molecule has 0 radical (unpaired) electrons. The Morgan fingerprint density at radius 2 is 2.04 bits per heavy atom. The number of ether oxygens (including phenoxy) is 1. The zero-order valence-corrected chi connectivity index (χ0v) is 14.8. The summed E-state index contributed by atoms with van der Waals surface area (Å²) in [6.07, 6.45) is 0. The van der Waals surface area contributed by atoms with Gasteiger partial charge in [-0.1, -0.05) is 29.3 Å². The van der Waals surface area contributed by atoms with Crippen molar-refractivity contribution in [3.05, 3.63) is 57.8 Å². The molecule has 9 heteroatoms. The molecule has 0 atom stereocenters. The van der Waals surface area contributed by atoms with Crippen molar-refractivity contribution in [3.8, 4) is 11.4 Å². The fraction of sp³-hybridized carbons (Fsp3) is 0.125. The van der Waals surface area contributed by atoms with Gasteiger partial charge in [0, 0.05) is 5.69 Å². The van der Waals surface area contributed by atoms with Crippen molar-refractivity contribution in [2.45, 2.75) is 6.92 Å². The summed E-state index contributed by atoms with van der Waals surface area (Å²) in [4.78, 5) is 12.5. The number of rotatable bonds is 4. The molecule has 1 N–H and O–H groups in total. The molecule has 1 amide bonds. The number of hydrogen-bond acceptors (Lipinski definition) is 5. The zero-order valence-electron chi connectivity index (χ0n) is 13.3. The SMILES string of the molecule is COc1ccc(NC(=O)c2cccc(Cl)c2Cl)cc1-n1nnnc1C. The van der Waals surface area contributed by atoms with Crippen LogP contribution in [0, 0.1) is 6.92 Å². The van der Waals surface area contributed by atoms with Gasteiger partial charge in [0.1, 0.15) is 11.4 Å². The van der Waals surface area contributed by atoms with Crippen LogP contribution in [-0.2, 0) is 0 Å². The highest BCUT2D eigenvalue weighted by molar-refractivity contribution is 6.44. The lowest BCUT2D eigenvalue weighted by molar-refractivity contribution is 0.102.